The first-order chi connectivity index (χ1) is 12.2. The lowest BCUT2D eigenvalue weighted by Gasteiger charge is -2.37. The fourth-order valence-electron chi connectivity index (χ4n) is 3.08. The Morgan fingerprint density at radius 1 is 1.27 bits per heavy atom. The van der Waals surface area contributed by atoms with E-state index in [0.717, 1.165) is 12.8 Å². The number of nitrogens with zero attached hydrogens (tertiary/aromatic N) is 2. The van der Waals surface area contributed by atoms with E-state index < -0.39 is 17.9 Å². The molecule has 0 aromatic rings. The van der Waals surface area contributed by atoms with Crippen LogP contribution >= 0.6 is 0 Å². The number of carboxylic acids is 1. The van der Waals surface area contributed by atoms with Gasteiger partial charge in [-0.2, -0.15) is 0 Å². The fourth-order valence-corrected chi connectivity index (χ4v) is 3.08. The van der Waals surface area contributed by atoms with E-state index in [1.807, 2.05) is 13.8 Å². The molecule has 148 valence electrons. The van der Waals surface area contributed by atoms with E-state index in [9.17, 15) is 24.3 Å². The first kappa shape index (κ1) is 21.9. The Morgan fingerprint density at radius 3 is 2.46 bits per heavy atom. The molecular formula is C18H31N3O5. The van der Waals surface area contributed by atoms with Gasteiger partial charge in [-0.25, -0.2) is 4.79 Å². The molecule has 2 N–H and O–H groups in total. The third-order valence-corrected chi connectivity index (χ3v) is 4.95. The molecule has 8 nitrogen and oxygen atoms in total. The van der Waals surface area contributed by atoms with Gasteiger partial charge in [-0.1, -0.05) is 13.8 Å². The molecule has 0 bridgehead atoms. The molecule has 1 heterocycles. The lowest BCUT2D eigenvalue weighted by atomic mass is 9.94. The SMILES string of the molecule is CCC(C)C(=O)N1CCCC(C(=O)N(CCNC(C)=O)C(C)C(=O)O)C1. The number of nitrogens with one attached hydrogen (secondary N) is 1. The van der Waals surface area contributed by atoms with Gasteiger partial charge in [-0.15, -0.1) is 0 Å². The summed E-state index contributed by atoms with van der Waals surface area (Å²) in [5, 5.41) is 11.9. The number of aliphatic carboxylic acids is 1. The van der Waals surface area contributed by atoms with Crippen molar-refractivity contribution in [2.45, 2.75) is 53.0 Å². The molecule has 0 aromatic heterocycles. The summed E-state index contributed by atoms with van der Waals surface area (Å²) in [5.74, 6) is -2.05. The number of piperidine rings is 1. The third kappa shape index (κ3) is 6.00. The fraction of sp³-hybridized carbons (Fsp3) is 0.778. The monoisotopic (exact) mass is 369 g/mol. The second-order valence-electron chi connectivity index (χ2n) is 6.96. The zero-order valence-corrected chi connectivity index (χ0v) is 16.2. The van der Waals surface area contributed by atoms with E-state index >= 15 is 0 Å². The predicted octanol–water partition coefficient (Wildman–Crippen LogP) is 0.709. The third-order valence-electron chi connectivity index (χ3n) is 4.95. The Hall–Kier alpha value is -2.12. The molecule has 1 aliphatic heterocycles. The highest BCUT2D eigenvalue weighted by Gasteiger charge is 2.35. The van der Waals surface area contributed by atoms with Crippen LogP contribution in [0.3, 0.4) is 0 Å². The van der Waals surface area contributed by atoms with Crippen molar-refractivity contribution < 1.29 is 24.3 Å². The Balaban J connectivity index is 2.83. The smallest absolute Gasteiger partial charge is 0.326 e. The van der Waals surface area contributed by atoms with E-state index in [1.54, 1.807) is 4.90 Å². The molecule has 0 radical (unpaired) electrons. The molecule has 0 aliphatic carbocycles. The van der Waals surface area contributed by atoms with Crippen LogP contribution in [0.15, 0.2) is 0 Å². The van der Waals surface area contributed by atoms with Crippen LogP contribution in [0, 0.1) is 11.8 Å². The summed E-state index contributed by atoms with van der Waals surface area (Å²) in [6, 6.07) is -0.989. The van der Waals surface area contributed by atoms with Crippen molar-refractivity contribution in [3.05, 3.63) is 0 Å². The Labute approximate surface area is 154 Å². The highest BCUT2D eigenvalue weighted by Crippen LogP contribution is 2.22. The van der Waals surface area contributed by atoms with Gasteiger partial charge in [0.1, 0.15) is 6.04 Å². The maximum Gasteiger partial charge on any atom is 0.326 e. The van der Waals surface area contributed by atoms with Crippen molar-refractivity contribution >= 4 is 23.7 Å². The standard InChI is InChI=1S/C18H31N3O5/c1-5-12(2)16(23)20-9-6-7-15(11-20)17(24)21(13(3)18(25)26)10-8-19-14(4)22/h12-13,15H,5-11H2,1-4H3,(H,19,22)(H,25,26). The number of carbonyl (C=O) groups is 4. The molecule has 3 amide bonds. The van der Waals surface area contributed by atoms with Crippen molar-refractivity contribution in [3.63, 3.8) is 0 Å². The lowest BCUT2D eigenvalue weighted by Crippen LogP contribution is -2.53. The van der Waals surface area contributed by atoms with Crippen molar-refractivity contribution in [1.82, 2.24) is 15.1 Å². The zero-order valence-electron chi connectivity index (χ0n) is 16.2. The number of amides is 3. The Morgan fingerprint density at radius 2 is 1.92 bits per heavy atom. The average molecular weight is 369 g/mol. The number of rotatable bonds is 8. The summed E-state index contributed by atoms with van der Waals surface area (Å²) in [6.07, 6.45) is 2.10. The van der Waals surface area contributed by atoms with Crippen LogP contribution in [0.5, 0.6) is 0 Å². The molecule has 26 heavy (non-hydrogen) atoms. The van der Waals surface area contributed by atoms with Gasteiger partial charge in [0.25, 0.3) is 0 Å². The summed E-state index contributed by atoms with van der Waals surface area (Å²) < 4.78 is 0. The quantitative estimate of drug-likeness (QED) is 0.655. The number of hydrogen-bond donors (Lipinski definition) is 2. The van der Waals surface area contributed by atoms with E-state index in [0.29, 0.717) is 19.5 Å². The first-order valence-electron chi connectivity index (χ1n) is 9.25. The Kier molecular flexibility index (Phi) is 8.54. The minimum absolute atomic E-state index is 0.0427. The van der Waals surface area contributed by atoms with Gasteiger partial charge >= 0.3 is 5.97 Å². The van der Waals surface area contributed by atoms with Crippen LogP contribution in [-0.2, 0) is 19.2 Å². The summed E-state index contributed by atoms with van der Waals surface area (Å²) in [4.78, 5) is 50.8. The van der Waals surface area contributed by atoms with Crippen molar-refractivity contribution in [1.29, 1.82) is 0 Å². The van der Waals surface area contributed by atoms with Gasteiger partial charge in [0.2, 0.25) is 17.7 Å². The van der Waals surface area contributed by atoms with Crippen molar-refractivity contribution in [2.75, 3.05) is 26.2 Å². The molecule has 3 unspecified atom stereocenters. The average Bonchev–Trinajstić information content (AvgIpc) is 2.62. The van der Waals surface area contributed by atoms with Crippen LogP contribution < -0.4 is 5.32 Å². The van der Waals surface area contributed by atoms with Crippen LogP contribution in [0.1, 0.15) is 47.0 Å². The highest BCUT2D eigenvalue weighted by molar-refractivity contribution is 5.86. The van der Waals surface area contributed by atoms with Gasteiger partial charge in [0.15, 0.2) is 0 Å². The molecule has 8 heteroatoms. The molecule has 0 spiro atoms. The highest BCUT2D eigenvalue weighted by atomic mass is 16.4. The van der Waals surface area contributed by atoms with Gasteiger partial charge < -0.3 is 20.2 Å². The molecule has 1 rings (SSSR count). The van der Waals surface area contributed by atoms with Crippen molar-refractivity contribution in [3.8, 4) is 0 Å². The van der Waals surface area contributed by atoms with E-state index in [4.69, 9.17) is 0 Å². The van der Waals surface area contributed by atoms with Crippen LogP contribution in [0.2, 0.25) is 0 Å². The van der Waals surface area contributed by atoms with E-state index in [1.165, 1.54) is 18.7 Å². The van der Waals surface area contributed by atoms with Gasteiger partial charge in [0, 0.05) is 39.0 Å². The number of carbonyl (C=O) groups excluding carboxylic acids is 3. The van der Waals surface area contributed by atoms with Crippen LogP contribution in [-0.4, -0.2) is 70.8 Å². The normalized spacial score (nSPS) is 19.4. The maximum absolute atomic E-state index is 12.9. The van der Waals surface area contributed by atoms with E-state index in [2.05, 4.69) is 5.32 Å². The second kappa shape index (κ2) is 10.1. The molecule has 0 saturated carbocycles. The Bertz CT molecular complexity index is 537. The molecule has 0 aromatic carbocycles. The van der Waals surface area contributed by atoms with Gasteiger partial charge in [0.05, 0.1) is 5.92 Å². The maximum atomic E-state index is 12.9. The van der Waals surface area contributed by atoms with Crippen LogP contribution in [0.4, 0.5) is 0 Å². The minimum Gasteiger partial charge on any atom is -0.480 e. The van der Waals surface area contributed by atoms with Gasteiger partial charge in [-0.05, 0) is 26.2 Å². The summed E-state index contributed by atoms with van der Waals surface area (Å²) in [7, 11) is 0. The molecular weight excluding hydrogens is 338 g/mol. The zero-order chi connectivity index (χ0) is 19.9. The summed E-state index contributed by atoms with van der Waals surface area (Å²) in [5.41, 5.74) is 0. The van der Waals surface area contributed by atoms with E-state index in [-0.39, 0.29) is 36.7 Å². The summed E-state index contributed by atoms with van der Waals surface area (Å²) in [6.45, 7) is 7.93. The first-order valence-corrected chi connectivity index (χ1v) is 9.25. The minimum atomic E-state index is -1.09. The molecule has 3 atom stereocenters. The molecule has 1 fully saturated rings. The van der Waals surface area contributed by atoms with Crippen molar-refractivity contribution in [2.24, 2.45) is 11.8 Å². The number of likely N-dealkylation sites (tertiary alicyclic amines) is 1. The lowest BCUT2D eigenvalue weighted by molar-refractivity contribution is -0.153. The second-order valence-corrected chi connectivity index (χ2v) is 6.96. The molecule has 1 aliphatic rings. The molecule has 1 saturated heterocycles. The van der Waals surface area contributed by atoms with Gasteiger partial charge in [-0.3, -0.25) is 14.4 Å². The number of hydrogen-bond acceptors (Lipinski definition) is 4. The largest absolute Gasteiger partial charge is 0.480 e. The number of carboxylic acid groups (broad SMARTS) is 1. The van der Waals surface area contributed by atoms with Crippen LogP contribution in [0.25, 0.3) is 0 Å². The predicted molar refractivity (Wildman–Crippen MR) is 96.3 cm³/mol. The topological polar surface area (TPSA) is 107 Å². The summed E-state index contributed by atoms with van der Waals surface area (Å²) >= 11 is 0.